The zero-order valence-corrected chi connectivity index (χ0v) is 13.7. The standard InChI is InChI=1S/C16H21ClN2O3/c1-3-4-5-8-22-16-13(17)9-12(10-14(16)21-2)11-19-15(20)6-7-18/h9-10H,3-6,8,11H2,1-2H3,(H,19,20). The number of nitrogens with one attached hydrogen (secondary N) is 1. The van der Waals surface area contributed by atoms with Crippen LogP contribution in [0.15, 0.2) is 12.1 Å². The second-order valence-electron chi connectivity index (χ2n) is 4.78. The van der Waals surface area contributed by atoms with Crippen molar-refractivity contribution in [2.45, 2.75) is 39.2 Å². The Labute approximate surface area is 136 Å². The van der Waals surface area contributed by atoms with E-state index in [9.17, 15) is 4.79 Å². The monoisotopic (exact) mass is 324 g/mol. The number of carbonyl (C=O) groups is 1. The number of hydrogen-bond donors (Lipinski definition) is 1. The van der Waals surface area contributed by atoms with Gasteiger partial charge in [-0.05, 0) is 24.1 Å². The van der Waals surface area contributed by atoms with Crippen molar-refractivity contribution in [3.05, 3.63) is 22.7 Å². The van der Waals surface area contributed by atoms with Gasteiger partial charge < -0.3 is 14.8 Å². The van der Waals surface area contributed by atoms with E-state index in [1.807, 2.05) is 0 Å². The third kappa shape index (κ3) is 5.82. The number of benzene rings is 1. The molecule has 5 nitrogen and oxygen atoms in total. The van der Waals surface area contributed by atoms with Crippen LogP contribution in [-0.4, -0.2) is 19.6 Å². The molecule has 0 spiro atoms. The quantitative estimate of drug-likeness (QED) is 0.706. The zero-order valence-electron chi connectivity index (χ0n) is 12.9. The number of carbonyl (C=O) groups excluding carboxylic acids is 1. The van der Waals surface area contributed by atoms with Crippen LogP contribution in [0.25, 0.3) is 0 Å². The van der Waals surface area contributed by atoms with E-state index < -0.39 is 0 Å². The SMILES string of the molecule is CCCCCOc1c(Cl)cc(CNC(=O)CC#N)cc1OC. The van der Waals surface area contributed by atoms with Crippen molar-refractivity contribution in [3.8, 4) is 17.6 Å². The summed E-state index contributed by atoms with van der Waals surface area (Å²) in [6.07, 6.45) is 3.02. The number of hydrogen-bond acceptors (Lipinski definition) is 4. The molecule has 0 atom stereocenters. The molecule has 1 aromatic rings. The Morgan fingerprint density at radius 1 is 1.41 bits per heavy atom. The highest BCUT2D eigenvalue weighted by molar-refractivity contribution is 6.32. The first kappa shape index (κ1) is 18.1. The Kier molecular flexibility index (Phi) is 8.16. The molecule has 1 N–H and O–H groups in total. The highest BCUT2D eigenvalue weighted by atomic mass is 35.5. The van der Waals surface area contributed by atoms with Crippen LogP contribution in [0.5, 0.6) is 11.5 Å². The number of nitrogens with zero attached hydrogens (tertiary/aromatic N) is 1. The third-order valence-corrected chi connectivity index (χ3v) is 3.29. The van der Waals surface area contributed by atoms with Gasteiger partial charge in [0.05, 0.1) is 24.8 Å². The molecule has 0 bridgehead atoms. The smallest absolute Gasteiger partial charge is 0.234 e. The van der Waals surface area contributed by atoms with Crippen molar-refractivity contribution in [3.63, 3.8) is 0 Å². The van der Waals surface area contributed by atoms with Crippen molar-refractivity contribution >= 4 is 17.5 Å². The van der Waals surface area contributed by atoms with E-state index in [0.717, 1.165) is 24.8 Å². The third-order valence-electron chi connectivity index (χ3n) is 3.01. The molecule has 0 aliphatic carbocycles. The van der Waals surface area contributed by atoms with Crippen molar-refractivity contribution in [2.24, 2.45) is 0 Å². The molecule has 0 unspecified atom stereocenters. The molecule has 1 aromatic carbocycles. The molecule has 0 saturated heterocycles. The van der Waals surface area contributed by atoms with E-state index in [4.69, 9.17) is 26.3 Å². The van der Waals surface area contributed by atoms with E-state index in [1.165, 1.54) is 0 Å². The van der Waals surface area contributed by atoms with Crippen LogP contribution in [0.2, 0.25) is 5.02 Å². The minimum atomic E-state index is -0.322. The molecule has 120 valence electrons. The van der Waals surface area contributed by atoms with Gasteiger partial charge in [-0.1, -0.05) is 31.4 Å². The predicted molar refractivity (Wildman–Crippen MR) is 85.1 cm³/mol. The predicted octanol–water partition coefficient (Wildman–Crippen LogP) is 3.45. The van der Waals surface area contributed by atoms with Crippen molar-refractivity contribution in [1.29, 1.82) is 5.26 Å². The normalized spacial score (nSPS) is 9.91. The molecule has 6 heteroatoms. The molecular weight excluding hydrogens is 304 g/mol. The van der Waals surface area contributed by atoms with E-state index in [1.54, 1.807) is 25.3 Å². The van der Waals surface area contributed by atoms with Gasteiger partial charge in [-0.15, -0.1) is 0 Å². The lowest BCUT2D eigenvalue weighted by molar-refractivity contribution is -0.120. The molecule has 0 aliphatic heterocycles. The molecular formula is C16H21ClN2O3. The summed E-state index contributed by atoms with van der Waals surface area (Å²) in [5.41, 5.74) is 0.786. The fourth-order valence-corrected chi connectivity index (χ4v) is 2.16. The van der Waals surface area contributed by atoms with E-state index in [0.29, 0.717) is 23.1 Å². The first-order valence-electron chi connectivity index (χ1n) is 7.25. The maximum absolute atomic E-state index is 11.3. The first-order chi connectivity index (χ1) is 10.6. The van der Waals surface area contributed by atoms with Gasteiger partial charge in [-0.3, -0.25) is 4.79 Å². The topological polar surface area (TPSA) is 71.3 Å². The molecule has 1 rings (SSSR count). The van der Waals surface area contributed by atoms with Crippen molar-refractivity contribution in [2.75, 3.05) is 13.7 Å². The highest BCUT2D eigenvalue weighted by Gasteiger charge is 2.12. The number of methoxy groups -OCH3 is 1. The Morgan fingerprint density at radius 3 is 2.82 bits per heavy atom. The Hall–Kier alpha value is -1.93. The molecule has 0 aliphatic rings. The molecule has 0 fully saturated rings. The van der Waals surface area contributed by atoms with Gasteiger partial charge >= 0.3 is 0 Å². The summed E-state index contributed by atoms with van der Waals surface area (Å²) >= 11 is 6.23. The van der Waals surface area contributed by atoms with Gasteiger partial charge in [0, 0.05) is 6.54 Å². The number of halogens is 1. The lowest BCUT2D eigenvalue weighted by atomic mass is 10.2. The van der Waals surface area contributed by atoms with E-state index in [-0.39, 0.29) is 18.9 Å². The molecule has 0 radical (unpaired) electrons. The number of unbranched alkanes of at least 4 members (excludes halogenated alkanes) is 2. The minimum absolute atomic E-state index is 0.163. The number of rotatable bonds is 9. The fourth-order valence-electron chi connectivity index (χ4n) is 1.88. The van der Waals surface area contributed by atoms with Crippen LogP contribution in [-0.2, 0) is 11.3 Å². The Balaban J connectivity index is 2.73. The second kappa shape index (κ2) is 9.91. The average Bonchev–Trinajstić information content (AvgIpc) is 2.50. The molecule has 0 aromatic heterocycles. The maximum Gasteiger partial charge on any atom is 0.234 e. The number of nitriles is 1. The lowest BCUT2D eigenvalue weighted by Crippen LogP contribution is -2.21. The van der Waals surface area contributed by atoms with Gasteiger partial charge in [0.2, 0.25) is 5.91 Å². The van der Waals surface area contributed by atoms with E-state index in [2.05, 4.69) is 12.2 Å². The van der Waals surface area contributed by atoms with Crippen LogP contribution >= 0.6 is 11.6 Å². The second-order valence-corrected chi connectivity index (χ2v) is 5.18. The molecule has 1 amide bonds. The van der Waals surface area contributed by atoms with Crippen LogP contribution < -0.4 is 14.8 Å². The van der Waals surface area contributed by atoms with Crippen LogP contribution in [0.1, 0.15) is 38.2 Å². The summed E-state index contributed by atoms with van der Waals surface area (Å²) in [5.74, 6) is 0.735. The summed E-state index contributed by atoms with van der Waals surface area (Å²) in [6, 6.07) is 5.30. The van der Waals surface area contributed by atoms with Crippen LogP contribution in [0, 0.1) is 11.3 Å². The first-order valence-corrected chi connectivity index (χ1v) is 7.63. The van der Waals surface area contributed by atoms with Crippen molar-refractivity contribution < 1.29 is 14.3 Å². The van der Waals surface area contributed by atoms with Gasteiger partial charge in [0.15, 0.2) is 11.5 Å². The van der Waals surface area contributed by atoms with Gasteiger partial charge in [0.1, 0.15) is 6.42 Å². The maximum atomic E-state index is 11.3. The number of ether oxygens (including phenoxy) is 2. The molecule has 0 heterocycles. The Morgan fingerprint density at radius 2 is 2.18 bits per heavy atom. The van der Waals surface area contributed by atoms with Crippen LogP contribution in [0.4, 0.5) is 0 Å². The average molecular weight is 325 g/mol. The highest BCUT2D eigenvalue weighted by Crippen LogP contribution is 2.36. The largest absolute Gasteiger partial charge is 0.493 e. The van der Waals surface area contributed by atoms with Gasteiger partial charge in [-0.25, -0.2) is 0 Å². The molecule has 22 heavy (non-hydrogen) atoms. The molecule has 0 saturated carbocycles. The van der Waals surface area contributed by atoms with Crippen LogP contribution in [0.3, 0.4) is 0 Å². The van der Waals surface area contributed by atoms with E-state index >= 15 is 0 Å². The Bertz CT molecular complexity index is 541. The zero-order chi connectivity index (χ0) is 16.4. The van der Waals surface area contributed by atoms with Gasteiger partial charge in [-0.2, -0.15) is 5.26 Å². The summed E-state index contributed by atoms with van der Waals surface area (Å²) in [5, 5.41) is 11.5. The van der Waals surface area contributed by atoms with Crippen molar-refractivity contribution in [1.82, 2.24) is 5.32 Å². The number of amides is 1. The summed E-state index contributed by atoms with van der Waals surface area (Å²) in [4.78, 5) is 11.3. The lowest BCUT2D eigenvalue weighted by Gasteiger charge is -2.14. The summed E-state index contributed by atoms with van der Waals surface area (Å²) in [6.45, 7) is 3.00. The summed E-state index contributed by atoms with van der Waals surface area (Å²) < 4.78 is 11.0. The fraction of sp³-hybridized carbons (Fsp3) is 0.500. The summed E-state index contributed by atoms with van der Waals surface area (Å²) in [7, 11) is 1.54. The minimum Gasteiger partial charge on any atom is -0.493 e. The van der Waals surface area contributed by atoms with Gasteiger partial charge in [0.25, 0.3) is 0 Å².